The number of hydrogen-bond donors (Lipinski definition) is 1. The number of halogens is 4. The van der Waals surface area contributed by atoms with E-state index in [1.165, 1.54) is 0 Å². The second kappa shape index (κ2) is 5.51. The molecule has 102 valence electrons. The van der Waals surface area contributed by atoms with E-state index in [-0.39, 0.29) is 11.4 Å². The van der Waals surface area contributed by atoms with Crippen molar-refractivity contribution in [3.05, 3.63) is 52.3 Å². The predicted octanol–water partition coefficient (Wildman–Crippen LogP) is 4.48. The lowest BCUT2D eigenvalue weighted by Crippen LogP contribution is -2.07. The van der Waals surface area contributed by atoms with E-state index < -0.39 is 11.7 Å². The van der Waals surface area contributed by atoms with Crippen molar-refractivity contribution in [3.63, 3.8) is 0 Å². The summed E-state index contributed by atoms with van der Waals surface area (Å²) >= 11 is 3.26. The van der Waals surface area contributed by atoms with Gasteiger partial charge in [0.25, 0.3) is 0 Å². The van der Waals surface area contributed by atoms with E-state index in [9.17, 15) is 13.2 Å². The van der Waals surface area contributed by atoms with Crippen molar-refractivity contribution >= 4 is 27.3 Å². The van der Waals surface area contributed by atoms with Crippen molar-refractivity contribution in [2.75, 3.05) is 5.32 Å². The van der Waals surface area contributed by atoms with Gasteiger partial charge in [0, 0.05) is 16.4 Å². The summed E-state index contributed by atoms with van der Waals surface area (Å²) < 4.78 is 38.8. The Morgan fingerprint density at radius 3 is 2.40 bits per heavy atom. The van der Waals surface area contributed by atoms with E-state index in [1.807, 2.05) is 0 Å². The van der Waals surface area contributed by atoms with Crippen LogP contribution in [-0.4, -0.2) is 4.98 Å². The highest BCUT2D eigenvalue weighted by molar-refractivity contribution is 9.10. The summed E-state index contributed by atoms with van der Waals surface area (Å²) in [4.78, 5) is 3.52. The topological polar surface area (TPSA) is 48.7 Å². The molecule has 0 aliphatic carbocycles. The normalized spacial score (nSPS) is 10.9. The molecule has 2 rings (SSSR count). The SMILES string of the molecule is N#Cc1ncc(C(F)(F)F)cc1Nc1ccc(Br)cc1. The summed E-state index contributed by atoms with van der Waals surface area (Å²) in [5.74, 6) is 0. The number of rotatable bonds is 2. The zero-order valence-electron chi connectivity index (χ0n) is 9.87. The van der Waals surface area contributed by atoms with Crippen LogP contribution in [0.1, 0.15) is 11.3 Å². The van der Waals surface area contributed by atoms with Crippen LogP contribution in [0.15, 0.2) is 41.0 Å². The van der Waals surface area contributed by atoms with Crippen LogP contribution in [0.3, 0.4) is 0 Å². The Kier molecular flexibility index (Phi) is 3.95. The highest BCUT2D eigenvalue weighted by atomic mass is 79.9. The maximum atomic E-state index is 12.6. The zero-order valence-corrected chi connectivity index (χ0v) is 11.5. The van der Waals surface area contributed by atoms with Crippen molar-refractivity contribution in [2.45, 2.75) is 6.18 Å². The summed E-state index contributed by atoms with van der Waals surface area (Å²) in [6.07, 6.45) is -3.86. The van der Waals surface area contributed by atoms with Crippen LogP contribution in [0.5, 0.6) is 0 Å². The molecule has 0 atom stereocenters. The Hall–Kier alpha value is -2.07. The molecule has 0 saturated carbocycles. The minimum atomic E-state index is -4.50. The Balaban J connectivity index is 2.39. The predicted molar refractivity (Wildman–Crippen MR) is 71.4 cm³/mol. The van der Waals surface area contributed by atoms with Crippen molar-refractivity contribution in [3.8, 4) is 6.07 Å². The number of alkyl halides is 3. The third kappa shape index (κ3) is 3.27. The fraction of sp³-hybridized carbons (Fsp3) is 0.0769. The average Bonchev–Trinajstić information content (AvgIpc) is 2.40. The zero-order chi connectivity index (χ0) is 14.8. The van der Waals surface area contributed by atoms with Crippen molar-refractivity contribution in [1.29, 1.82) is 5.26 Å². The van der Waals surface area contributed by atoms with E-state index in [0.717, 1.165) is 10.5 Å². The van der Waals surface area contributed by atoms with Gasteiger partial charge in [-0.25, -0.2) is 4.98 Å². The van der Waals surface area contributed by atoms with Crippen LogP contribution in [0.25, 0.3) is 0 Å². The monoisotopic (exact) mass is 341 g/mol. The highest BCUT2D eigenvalue weighted by Crippen LogP contribution is 2.32. The summed E-state index contributed by atoms with van der Waals surface area (Å²) in [5.41, 5.74) is -0.424. The van der Waals surface area contributed by atoms with Crippen molar-refractivity contribution < 1.29 is 13.2 Å². The quantitative estimate of drug-likeness (QED) is 0.876. The molecule has 0 bridgehead atoms. The molecule has 0 fully saturated rings. The summed E-state index contributed by atoms with van der Waals surface area (Å²) in [7, 11) is 0. The van der Waals surface area contributed by atoms with Gasteiger partial charge in [-0.05, 0) is 30.3 Å². The molecule has 20 heavy (non-hydrogen) atoms. The summed E-state index contributed by atoms with van der Waals surface area (Å²) in [6, 6.07) is 9.43. The van der Waals surface area contributed by atoms with Crippen LogP contribution >= 0.6 is 15.9 Å². The largest absolute Gasteiger partial charge is 0.417 e. The fourth-order valence-corrected chi connectivity index (χ4v) is 1.76. The molecule has 0 unspecified atom stereocenters. The van der Waals surface area contributed by atoms with Gasteiger partial charge in [-0.15, -0.1) is 0 Å². The first-order chi connectivity index (χ1) is 9.40. The van der Waals surface area contributed by atoms with Crippen LogP contribution in [0, 0.1) is 11.3 Å². The fourth-order valence-electron chi connectivity index (χ4n) is 1.49. The van der Waals surface area contributed by atoms with Crippen LogP contribution in [-0.2, 0) is 6.18 Å². The second-order valence-electron chi connectivity index (χ2n) is 3.86. The minimum Gasteiger partial charge on any atom is -0.353 e. The third-order valence-corrected chi connectivity index (χ3v) is 2.97. The Bertz CT molecular complexity index is 660. The van der Waals surface area contributed by atoms with Gasteiger partial charge in [-0.2, -0.15) is 18.4 Å². The van der Waals surface area contributed by atoms with Gasteiger partial charge in [-0.1, -0.05) is 15.9 Å². The second-order valence-corrected chi connectivity index (χ2v) is 4.78. The maximum Gasteiger partial charge on any atom is 0.417 e. The molecule has 1 N–H and O–H groups in total. The molecule has 0 aliphatic rings. The highest BCUT2D eigenvalue weighted by Gasteiger charge is 2.31. The van der Waals surface area contributed by atoms with Gasteiger partial charge in [0.1, 0.15) is 6.07 Å². The molecule has 0 saturated heterocycles. The molecule has 1 aromatic carbocycles. The van der Waals surface area contributed by atoms with Crippen molar-refractivity contribution in [1.82, 2.24) is 4.98 Å². The lowest BCUT2D eigenvalue weighted by molar-refractivity contribution is -0.137. The summed E-state index contributed by atoms with van der Waals surface area (Å²) in [6.45, 7) is 0. The molecule has 0 spiro atoms. The summed E-state index contributed by atoms with van der Waals surface area (Å²) in [5, 5.41) is 11.7. The van der Waals surface area contributed by atoms with E-state index in [1.54, 1.807) is 30.3 Å². The first kappa shape index (κ1) is 14.3. The molecule has 1 heterocycles. The number of nitrogens with one attached hydrogen (secondary N) is 1. The molecule has 2 aromatic rings. The van der Waals surface area contributed by atoms with Crippen molar-refractivity contribution in [2.24, 2.45) is 0 Å². The molecule has 1 aromatic heterocycles. The van der Waals surface area contributed by atoms with Gasteiger partial charge in [0.2, 0.25) is 0 Å². The van der Waals surface area contributed by atoms with Gasteiger partial charge >= 0.3 is 6.18 Å². The molecule has 0 radical (unpaired) electrons. The number of hydrogen-bond acceptors (Lipinski definition) is 3. The first-order valence-corrected chi connectivity index (χ1v) is 6.19. The van der Waals surface area contributed by atoms with E-state index in [2.05, 4.69) is 26.2 Å². The Morgan fingerprint density at radius 2 is 1.85 bits per heavy atom. The number of benzene rings is 1. The number of nitrogens with zero attached hydrogens (tertiary/aromatic N) is 2. The van der Waals surface area contributed by atoms with E-state index in [0.29, 0.717) is 11.9 Å². The lowest BCUT2D eigenvalue weighted by Gasteiger charge is -2.11. The molecule has 7 heteroatoms. The average molecular weight is 342 g/mol. The Morgan fingerprint density at radius 1 is 1.20 bits per heavy atom. The number of aromatic nitrogens is 1. The smallest absolute Gasteiger partial charge is 0.353 e. The minimum absolute atomic E-state index is 0.0182. The van der Waals surface area contributed by atoms with Gasteiger partial charge in [-0.3, -0.25) is 0 Å². The molecule has 0 aliphatic heterocycles. The molecular formula is C13H7BrF3N3. The molecule has 0 amide bonds. The van der Waals surface area contributed by atoms with Crippen LogP contribution < -0.4 is 5.32 Å². The lowest BCUT2D eigenvalue weighted by atomic mass is 10.2. The van der Waals surface area contributed by atoms with Gasteiger partial charge < -0.3 is 5.32 Å². The third-order valence-electron chi connectivity index (χ3n) is 2.44. The maximum absolute atomic E-state index is 12.6. The van der Waals surface area contributed by atoms with E-state index in [4.69, 9.17) is 5.26 Å². The van der Waals surface area contributed by atoms with Gasteiger partial charge in [0.15, 0.2) is 5.69 Å². The van der Waals surface area contributed by atoms with Crippen LogP contribution in [0.2, 0.25) is 0 Å². The molecule has 3 nitrogen and oxygen atoms in total. The first-order valence-electron chi connectivity index (χ1n) is 5.40. The number of anilines is 2. The van der Waals surface area contributed by atoms with Gasteiger partial charge in [0.05, 0.1) is 11.3 Å². The standard InChI is InChI=1S/C13H7BrF3N3/c14-9-1-3-10(4-2-9)20-11-5-8(13(15,16)17)7-19-12(11)6-18/h1-5,7,20H. The number of nitriles is 1. The van der Waals surface area contributed by atoms with E-state index >= 15 is 0 Å². The molecular weight excluding hydrogens is 335 g/mol. The Labute approximate surface area is 121 Å². The van der Waals surface area contributed by atoms with Crippen LogP contribution in [0.4, 0.5) is 24.5 Å². The number of pyridine rings is 1.